The molecule has 1 aliphatic carbocycles. The van der Waals surface area contributed by atoms with Crippen LogP contribution in [-0.4, -0.2) is 0 Å². The predicted molar refractivity (Wildman–Crippen MR) is 589 cm³/mol. The van der Waals surface area contributed by atoms with Crippen molar-refractivity contribution < 1.29 is 0 Å². The first-order chi connectivity index (χ1) is 69.0. The van der Waals surface area contributed by atoms with Crippen LogP contribution in [0.3, 0.4) is 0 Å². The lowest BCUT2D eigenvalue weighted by Crippen LogP contribution is -2.28. The second-order valence-electron chi connectivity index (χ2n) is 35.6. The average Bonchev–Trinajstić information content (AvgIpc) is 1.52. The number of rotatable bonds is 20. The molecule has 0 aromatic heterocycles. The molecule has 0 saturated heterocycles. The van der Waals surface area contributed by atoms with Crippen LogP contribution in [0, 0.1) is 0 Å². The summed E-state index contributed by atoms with van der Waals surface area (Å²) in [5.41, 5.74) is 34.7. The van der Waals surface area contributed by atoms with Crippen LogP contribution in [0.1, 0.15) is 22.3 Å². The van der Waals surface area contributed by atoms with Gasteiger partial charge in [-0.2, -0.15) is 0 Å². The number of hydrogen-bond donors (Lipinski definition) is 0. The van der Waals surface area contributed by atoms with Gasteiger partial charge >= 0.3 is 0 Å². The van der Waals surface area contributed by atoms with Crippen LogP contribution >= 0.6 is 0 Å². The average molecular weight is 1770 g/mol. The second-order valence-corrected chi connectivity index (χ2v) is 35.6. The molecule has 0 unspecified atom stereocenters. The Morgan fingerprint density at radius 3 is 0.683 bits per heavy atom. The number of benzene rings is 24. The molecule has 1 aliphatic rings. The van der Waals surface area contributed by atoms with Crippen LogP contribution in [0.4, 0.5) is 68.2 Å². The fourth-order valence-electron chi connectivity index (χ4n) is 21.6. The Labute approximate surface area is 811 Å². The third-order valence-corrected chi connectivity index (χ3v) is 27.8. The van der Waals surface area contributed by atoms with Crippen molar-refractivity contribution in [2.45, 2.75) is 5.41 Å². The zero-order chi connectivity index (χ0) is 92.4. The van der Waals surface area contributed by atoms with E-state index in [0.717, 1.165) is 68.2 Å². The third-order valence-electron chi connectivity index (χ3n) is 27.8. The molecule has 24 aromatic rings. The first-order valence-electron chi connectivity index (χ1n) is 47.8. The van der Waals surface area contributed by atoms with Crippen molar-refractivity contribution >= 4 is 122 Å². The maximum atomic E-state index is 2.46. The lowest BCUT2D eigenvalue weighted by Gasteiger charge is -2.35. The molecule has 0 N–H and O–H groups in total. The minimum Gasteiger partial charge on any atom is -0.311 e. The molecule has 0 fully saturated rings. The highest BCUT2D eigenvalue weighted by Crippen LogP contribution is 2.59. The largest absolute Gasteiger partial charge is 0.311 e. The number of anilines is 12. The summed E-state index contributed by atoms with van der Waals surface area (Å²) < 4.78 is 0. The summed E-state index contributed by atoms with van der Waals surface area (Å²) in [4.78, 5) is 9.43. The molecule has 654 valence electrons. The van der Waals surface area contributed by atoms with Crippen molar-refractivity contribution in [3.63, 3.8) is 0 Å². The summed E-state index contributed by atoms with van der Waals surface area (Å²) in [6.45, 7) is 0. The van der Waals surface area contributed by atoms with Crippen LogP contribution < -0.4 is 19.6 Å². The van der Waals surface area contributed by atoms with E-state index in [0.29, 0.717) is 0 Å². The van der Waals surface area contributed by atoms with Gasteiger partial charge in [-0.1, -0.05) is 425 Å². The van der Waals surface area contributed by atoms with Crippen molar-refractivity contribution in [3.05, 3.63) is 592 Å². The molecule has 0 bridgehead atoms. The minimum absolute atomic E-state index is 0.538. The first kappa shape index (κ1) is 83.8. The van der Waals surface area contributed by atoms with Crippen LogP contribution in [-0.2, 0) is 5.41 Å². The normalized spacial score (nSPS) is 11.8. The highest BCUT2D eigenvalue weighted by molar-refractivity contribution is 6.23. The molecule has 0 spiro atoms. The Balaban J connectivity index is 0.000000151. The van der Waals surface area contributed by atoms with Crippen molar-refractivity contribution in [1.82, 2.24) is 0 Å². The summed E-state index contributed by atoms with van der Waals surface area (Å²) in [6, 6.07) is 207. The number of hydrogen-bond acceptors (Lipinski definition) is 4. The molecular formula is C135H94N4. The Morgan fingerprint density at radius 2 is 0.338 bits per heavy atom. The molecular weight excluding hydrogens is 1680 g/mol. The van der Waals surface area contributed by atoms with E-state index in [1.807, 2.05) is 0 Å². The minimum atomic E-state index is -0.538. The maximum Gasteiger partial charge on any atom is 0.0714 e. The molecule has 0 saturated carbocycles. The molecule has 0 aliphatic heterocycles. The van der Waals surface area contributed by atoms with Gasteiger partial charge in [-0.3, -0.25) is 0 Å². The topological polar surface area (TPSA) is 13.0 Å². The highest BCUT2D eigenvalue weighted by Gasteiger charge is 2.46. The lowest BCUT2D eigenvalue weighted by atomic mass is 9.67. The zero-order valence-electron chi connectivity index (χ0n) is 76.6. The van der Waals surface area contributed by atoms with Crippen LogP contribution in [0.15, 0.2) is 570 Å². The predicted octanol–water partition coefficient (Wildman–Crippen LogP) is 37.4. The monoisotopic (exact) mass is 1770 g/mol. The molecule has 24 aromatic carbocycles. The van der Waals surface area contributed by atoms with Gasteiger partial charge in [-0.15, -0.1) is 0 Å². The first-order valence-corrected chi connectivity index (χ1v) is 47.8. The number of fused-ring (bicyclic) bond motifs is 8. The molecule has 0 atom stereocenters. The van der Waals surface area contributed by atoms with Crippen molar-refractivity contribution in [2.24, 2.45) is 0 Å². The SMILES string of the molecule is c1ccc(-c2c3ccccc3c(-c3ccc(N(c4ccc(-c5ccc(-c6cccc7ccccc67)cc5)cc4)c4ccc(N(c5ccccc5)c5ccccc5)cc4)cc3)c3ccccc23)cc1.c1ccc(-c2c3ccccc3c(-c3ccc(N(c4ccc(N(c5ccccc5)c5ccccc5)cc4)c4ccc5c(c4)C(c4ccccc4)(c4ccccc4)c4ccccc4-5)cc3)c3ccccc23)cc1. The molecule has 4 heteroatoms. The van der Waals surface area contributed by atoms with E-state index < -0.39 is 5.41 Å². The van der Waals surface area contributed by atoms with Crippen LogP contribution in [0.2, 0.25) is 0 Å². The summed E-state index contributed by atoms with van der Waals surface area (Å²) in [7, 11) is 0. The molecule has 0 amide bonds. The summed E-state index contributed by atoms with van der Waals surface area (Å²) >= 11 is 0. The van der Waals surface area contributed by atoms with E-state index in [-0.39, 0.29) is 0 Å². The fourth-order valence-corrected chi connectivity index (χ4v) is 21.6. The smallest absolute Gasteiger partial charge is 0.0714 e. The summed E-state index contributed by atoms with van der Waals surface area (Å²) in [6.07, 6.45) is 0. The van der Waals surface area contributed by atoms with Gasteiger partial charge in [-0.25, -0.2) is 0 Å². The van der Waals surface area contributed by atoms with E-state index in [2.05, 4.69) is 590 Å². The van der Waals surface area contributed by atoms with Gasteiger partial charge in [0, 0.05) is 68.2 Å². The Hall–Kier alpha value is -18.2. The van der Waals surface area contributed by atoms with Gasteiger partial charge < -0.3 is 19.6 Å². The van der Waals surface area contributed by atoms with E-state index in [9.17, 15) is 0 Å². The molecule has 139 heavy (non-hydrogen) atoms. The van der Waals surface area contributed by atoms with Crippen molar-refractivity contribution in [3.8, 4) is 77.9 Å². The number of para-hydroxylation sites is 4. The third kappa shape index (κ3) is 15.6. The van der Waals surface area contributed by atoms with Crippen molar-refractivity contribution in [1.29, 1.82) is 0 Å². The quantitative estimate of drug-likeness (QED) is 0.0705. The molecule has 0 heterocycles. The van der Waals surface area contributed by atoms with Crippen LogP contribution in [0.5, 0.6) is 0 Å². The molecule has 0 radical (unpaired) electrons. The van der Waals surface area contributed by atoms with Crippen LogP contribution in [0.25, 0.3) is 132 Å². The van der Waals surface area contributed by atoms with Crippen molar-refractivity contribution in [2.75, 3.05) is 19.6 Å². The van der Waals surface area contributed by atoms with E-state index >= 15 is 0 Å². The Kier molecular flexibility index (Phi) is 22.3. The van der Waals surface area contributed by atoms with E-state index in [1.165, 1.54) is 154 Å². The van der Waals surface area contributed by atoms with Gasteiger partial charge in [0.05, 0.1) is 5.41 Å². The molecule has 25 rings (SSSR count). The van der Waals surface area contributed by atoms with E-state index in [4.69, 9.17) is 0 Å². The standard InChI is InChI=1S/C69H48N2.C66H46N2/c1-6-22-49(23-7-1)67-61-33-16-18-35-63(61)68(64-36-19-17-34-62(64)67)50-38-40-55(41-39-50)71(57-44-42-56(43-45-57)70(53-28-12-4-13-29-53)54-30-14-5-15-31-54)58-46-47-60-59-32-20-21-37-65(59)69(66(60)48-58,51-24-8-2-9-25-51)52-26-10-3-11-27-52;1-4-18-51(19-5-1)65-61-26-12-14-28-63(61)66(64-29-15-13-27-62(64)65)52-37-41-56(42-38-52)68(58-45-43-57(44-46-58)67(53-21-6-2-7-22-53)54-23-8-3-9-24-54)55-39-35-48(36-40-55)47-31-33-50(34-32-47)60-30-16-20-49-17-10-11-25-59(49)60/h1-48H;1-46H. The second kappa shape index (κ2) is 37.0. The highest BCUT2D eigenvalue weighted by atomic mass is 15.2. The van der Waals surface area contributed by atoms with E-state index in [1.54, 1.807) is 0 Å². The lowest BCUT2D eigenvalue weighted by molar-refractivity contribution is 0.768. The zero-order valence-corrected chi connectivity index (χ0v) is 76.6. The fraction of sp³-hybridized carbons (Fsp3) is 0.00741. The van der Waals surface area contributed by atoms with Gasteiger partial charge in [0.1, 0.15) is 0 Å². The maximum absolute atomic E-state index is 2.46. The van der Waals surface area contributed by atoms with Gasteiger partial charge in [0.15, 0.2) is 0 Å². The van der Waals surface area contributed by atoms with Gasteiger partial charge in [0.25, 0.3) is 0 Å². The summed E-state index contributed by atoms with van der Waals surface area (Å²) in [5.74, 6) is 0. The van der Waals surface area contributed by atoms with Gasteiger partial charge in [-0.05, 0) is 300 Å². The Morgan fingerprint density at radius 1 is 0.122 bits per heavy atom. The van der Waals surface area contributed by atoms with Gasteiger partial charge in [0.2, 0.25) is 0 Å². The summed E-state index contributed by atoms with van der Waals surface area (Å²) in [5, 5.41) is 12.5. The Bertz CT molecular complexity index is 8290. The molecule has 4 nitrogen and oxygen atoms in total. The number of nitrogens with zero attached hydrogens (tertiary/aromatic N) is 4.